The zero-order valence-corrected chi connectivity index (χ0v) is 13.0. The van der Waals surface area contributed by atoms with Gasteiger partial charge < -0.3 is 10.1 Å². The lowest BCUT2D eigenvalue weighted by Gasteiger charge is -2.19. The zero-order valence-electron chi connectivity index (χ0n) is 13.0. The van der Waals surface area contributed by atoms with Crippen molar-refractivity contribution in [1.29, 1.82) is 0 Å². The molecule has 2 rings (SSSR count). The molecule has 0 saturated heterocycles. The van der Waals surface area contributed by atoms with Crippen LogP contribution < -0.4 is 10.1 Å². The minimum absolute atomic E-state index is 0.551. The highest BCUT2D eigenvalue weighted by Crippen LogP contribution is 2.24. The molecule has 1 unspecified atom stereocenters. The van der Waals surface area contributed by atoms with Crippen LogP contribution in [0.5, 0.6) is 5.75 Å². The van der Waals surface area contributed by atoms with Crippen molar-refractivity contribution in [2.45, 2.75) is 25.7 Å². The summed E-state index contributed by atoms with van der Waals surface area (Å²) in [5.74, 6) is 1.51. The number of likely N-dealkylation sites (N-methyl/N-ethyl adjacent to an activating group) is 1. The third-order valence-electron chi connectivity index (χ3n) is 3.79. The second kappa shape index (κ2) is 8.48. The van der Waals surface area contributed by atoms with Crippen molar-refractivity contribution in [3.63, 3.8) is 0 Å². The highest BCUT2D eigenvalue weighted by atomic mass is 16.5. The van der Waals surface area contributed by atoms with Gasteiger partial charge in [0.1, 0.15) is 5.75 Å². The van der Waals surface area contributed by atoms with Crippen LogP contribution in [-0.2, 0) is 0 Å². The summed E-state index contributed by atoms with van der Waals surface area (Å²) in [5, 5.41) is 3.31. The lowest BCUT2D eigenvalue weighted by molar-refractivity contribution is 0.300. The molecule has 1 atom stereocenters. The van der Waals surface area contributed by atoms with Crippen LogP contribution in [0.3, 0.4) is 0 Å². The van der Waals surface area contributed by atoms with Gasteiger partial charge in [-0.3, -0.25) is 0 Å². The fraction of sp³-hybridized carbons (Fsp3) is 0.368. The van der Waals surface area contributed by atoms with Crippen LogP contribution in [0.4, 0.5) is 0 Å². The molecule has 0 aliphatic carbocycles. The lowest BCUT2D eigenvalue weighted by Crippen LogP contribution is -2.18. The number of para-hydroxylation sites is 1. The van der Waals surface area contributed by atoms with Gasteiger partial charge in [0.15, 0.2) is 0 Å². The van der Waals surface area contributed by atoms with Gasteiger partial charge in [-0.25, -0.2) is 0 Å². The Kier molecular flexibility index (Phi) is 6.29. The van der Waals surface area contributed by atoms with Gasteiger partial charge in [-0.05, 0) is 56.0 Å². The van der Waals surface area contributed by atoms with Gasteiger partial charge >= 0.3 is 0 Å². The van der Waals surface area contributed by atoms with Crippen molar-refractivity contribution in [3.8, 4) is 5.75 Å². The van der Waals surface area contributed by atoms with Crippen molar-refractivity contribution >= 4 is 0 Å². The molecule has 0 aromatic heterocycles. The molecule has 0 heterocycles. The predicted octanol–water partition coefficient (Wildman–Crippen LogP) is 4.16. The van der Waals surface area contributed by atoms with Crippen molar-refractivity contribution in [2.24, 2.45) is 0 Å². The molecule has 2 aromatic rings. The lowest BCUT2D eigenvalue weighted by atomic mass is 9.91. The fourth-order valence-electron chi connectivity index (χ4n) is 2.70. The Balaban J connectivity index is 1.85. The fourth-order valence-corrected chi connectivity index (χ4v) is 2.70. The van der Waals surface area contributed by atoms with Gasteiger partial charge in [-0.2, -0.15) is 0 Å². The Labute approximate surface area is 128 Å². The van der Waals surface area contributed by atoms with Gasteiger partial charge in [0.25, 0.3) is 0 Å². The SMILES string of the molecule is CNCC(CCCOc1ccccc1)c1ccccc1C. The molecule has 0 spiro atoms. The molecule has 0 aliphatic heterocycles. The number of hydrogen-bond donors (Lipinski definition) is 1. The molecule has 112 valence electrons. The summed E-state index contributed by atoms with van der Waals surface area (Å²) in [4.78, 5) is 0. The number of hydrogen-bond acceptors (Lipinski definition) is 2. The van der Waals surface area contributed by atoms with Crippen LogP contribution in [-0.4, -0.2) is 20.2 Å². The van der Waals surface area contributed by atoms with E-state index in [1.54, 1.807) is 0 Å². The summed E-state index contributed by atoms with van der Waals surface area (Å²) in [6.45, 7) is 3.98. The quantitative estimate of drug-likeness (QED) is 0.735. The summed E-state index contributed by atoms with van der Waals surface area (Å²) in [7, 11) is 2.02. The van der Waals surface area contributed by atoms with Crippen LogP contribution >= 0.6 is 0 Å². The molecule has 0 radical (unpaired) electrons. The predicted molar refractivity (Wildman–Crippen MR) is 89.0 cm³/mol. The summed E-state index contributed by atoms with van der Waals surface area (Å²) in [6.07, 6.45) is 2.20. The Hall–Kier alpha value is -1.80. The first kappa shape index (κ1) is 15.6. The minimum atomic E-state index is 0.551. The van der Waals surface area contributed by atoms with E-state index < -0.39 is 0 Å². The molecular weight excluding hydrogens is 258 g/mol. The van der Waals surface area contributed by atoms with Crippen LogP contribution in [0, 0.1) is 6.92 Å². The van der Waals surface area contributed by atoms with E-state index in [1.165, 1.54) is 11.1 Å². The maximum absolute atomic E-state index is 5.78. The molecule has 2 nitrogen and oxygen atoms in total. The third kappa shape index (κ3) is 4.91. The second-order valence-electron chi connectivity index (χ2n) is 5.41. The highest BCUT2D eigenvalue weighted by Gasteiger charge is 2.12. The standard InChI is InChI=1S/C19H25NO/c1-16-9-6-7-13-19(16)17(15-20-2)10-8-14-21-18-11-4-3-5-12-18/h3-7,9,11-13,17,20H,8,10,14-15H2,1-2H3. The van der Waals surface area contributed by atoms with E-state index in [0.29, 0.717) is 5.92 Å². The minimum Gasteiger partial charge on any atom is -0.494 e. The number of nitrogens with one attached hydrogen (secondary N) is 1. The molecule has 0 fully saturated rings. The van der Waals surface area contributed by atoms with Gasteiger partial charge in [0.05, 0.1) is 6.61 Å². The molecule has 2 heteroatoms. The summed E-state index contributed by atoms with van der Waals surface area (Å²) >= 11 is 0. The zero-order chi connectivity index (χ0) is 14.9. The van der Waals surface area contributed by atoms with E-state index in [2.05, 4.69) is 36.5 Å². The normalized spacial score (nSPS) is 12.1. The summed E-state index contributed by atoms with van der Waals surface area (Å²) < 4.78 is 5.78. The van der Waals surface area contributed by atoms with Gasteiger partial charge in [-0.1, -0.05) is 42.5 Å². The molecule has 0 amide bonds. The number of ether oxygens (including phenoxy) is 1. The number of benzene rings is 2. The molecule has 21 heavy (non-hydrogen) atoms. The van der Waals surface area contributed by atoms with Gasteiger partial charge in [0.2, 0.25) is 0 Å². The Morgan fingerprint density at radius 2 is 1.71 bits per heavy atom. The Morgan fingerprint density at radius 3 is 2.43 bits per heavy atom. The topological polar surface area (TPSA) is 21.3 Å². The molecule has 0 saturated carbocycles. The first-order chi connectivity index (χ1) is 10.3. The number of aryl methyl sites for hydroxylation is 1. The molecular formula is C19H25NO. The smallest absolute Gasteiger partial charge is 0.119 e. The molecule has 0 aliphatic rings. The second-order valence-corrected chi connectivity index (χ2v) is 5.41. The maximum atomic E-state index is 5.78. The van der Waals surface area contributed by atoms with E-state index >= 15 is 0 Å². The summed E-state index contributed by atoms with van der Waals surface area (Å²) in [6, 6.07) is 18.7. The third-order valence-corrected chi connectivity index (χ3v) is 3.79. The summed E-state index contributed by atoms with van der Waals surface area (Å²) in [5.41, 5.74) is 2.83. The monoisotopic (exact) mass is 283 g/mol. The van der Waals surface area contributed by atoms with Crippen LogP contribution in [0.1, 0.15) is 29.9 Å². The number of rotatable bonds is 8. The van der Waals surface area contributed by atoms with Crippen LogP contribution in [0.15, 0.2) is 54.6 Å². The maximum Gasteiger partial charge on any atom is 0.119 e. The molecule has 2 aromatic carbocycles. The van der Waals surface area contributed by atoms with E-state index in [1.807, 2.05) is 37.4 Å². The first-order valence-corrected chi connectivity index (χ1v) is 7.69. The van der Waals surface area contributed by atoms with Gasteiger partial charge in [-0.15, -0.1) is 0 Å². The van der Waals surface area contributed by atoms with Crippen molar-refractivity contribution in [1.82, 2.24) is 5.32 Å². The van der Waals surface area contributed by atoms with E-state index in [4.69, 9.17) is 4.74 Å². The highest BCUT2D eigenvalue weighted by molar-refractivity contribution is 5.29. The Bertz CT molecular complexity index is 524. The largest absolute Gasteiger partial charge is 0.494 e. The average molecular weight is 283 g/mol. The average Bonchev–Trinajstić information content (AvgIpc) is 2.52. The van der Waals surface area contributed by atoms with Gasteiger partial charge in [0, 0.05) is 6.54 Å². The van der Waals surface area contributed by atoms with E-state index in [9.17, 15) is 0 Å². The molecule has 0 bridgehead atoms. The first-order valence-electron chi connectivity index (χ1n) is 7.69. The Morgan fingerprint density at radius 1 is 1.00 bits per heavy atom. The molecule has 1 N–H and O–H groups in total. The van der Waals surface area contributed by atoms with Crippen molar-refractivity contribution in [3.05, 3.63) is 65.7 Å². The van der Waals surface area contributed by atoms with Crippen LogP contribution in [0.2, 0.25) is 0 Å². The van der Waals surface area contributed by atoms with Crippen molar-refractivity contribution < 1.29 is 4.74 Å². The van der Waals surface area contributed by atoms with Crippen molar-refractivity contribution in [2.75, 3.05) is 20.2 Å². The van der Waals surface area contributed by atoms with Crippen LogP contribution in [0.25, 0.3) is 0 Å². The van der Waals surface area contributed by atoms with E-state index in [-0.39, 0.29) is 0 Å². The van der Waals surface area contributed by atoms with E-state index in [0.717, 1.165) is 31.7 Å².